The summed E-state index contributed by atoms with van der Waals surface area (Å²) >= 11 is 0. The summed E-state index contributed by atoms with van der Waals surface area (Å²) < 4.78 is 3.95. The molecular formula is C22H31N2O7+. The number of carbonyl (C=O) groups is 4. The maximum absolute atomic E-state index is 13.4. The monoisotopic (exact) mass is 435 g/mol. The van der Waals surface area contributed by atoms with Crippen LogP contribution < -0.4 is 0 Å². The fourth-order valence-corrected chi connectivity index (χ4v) is 4.46. The van der Waals surface area contributed by atoms with Gasteiger partial charge in [0.1, 0.15) is 19.5 Å². The molecule has 1 aliphatic rings. The molecule has 0 aliphatic carbocycles. The Morgan fingerprint density at radius 1 is 1.13 bits per heavy atom. The fraction of sp³-hybridized carbons (Fsp3) is 0.545. The molecule has 0 spiro atoms. The van der Waals surface area contributed by atoms with Crippen molar-refractivity contribution in [2.45, 2.75) is 59.0 Å². The van der Waals surface area contributed by atoms with E-state index in [1.165, 1.54) is 0 Å². The zero-order valence-electron chi connectivity index (χ0n) is 18.5. The smallest absolute Gasteiger partial charge is 0.479 e. The minimum absolute atomic E-state index is 0.0178. The number of benzene rings is 1. The lowest BCUT2D eigenvalue weighted by Crippen LogP contribution is -2.79. The highest BCUT2D eigenvalue weighted by molar-refractivity contribution is 5.97. The van der Waals surface area contributed by atoms with Gasteiger partial charge in [0.2, 0.25) is 0 Å². The average molecular weight is 435 g/mol. The first-order valence-electron chi connectivity index (χ1n) is 10.3. The van der Waals surface area contributed by atoms with Gasteiger partial charge in [-0.1, -0.05) is 51.1 Å². The second-order valence-electron chi connectivity index (χ2n) is 8.78. The summed E-state index contributed by atoms with van der Waals surface area (Å²) in [5, 5.41) is 21.6. The molecule has 2 rings (SSSR count). The molecule has 1 heterocycles. The van der Waals surface area contributed by atoms with E-state index in [0.29, 0.717) is 5.56 Å². The third-order valence-electron chi connectivity index (χ3n) is 5.89. The third-order valence-corrected chi connectivity index (χ3v) is 5.89. The molecule has 9 nitrogen and oxygen atoms in total. The molecule has 1 fully saturated rings. The Kier molecular flexibility index (Phi) is 7.10. The number of carboxylic acid groups (broad SMARTS) is 2. The van der Waals surface area contributed by atoms with E-state index in [1.54, 1.807) is 58.0 Å². The molecule has 1 aromatic carbocycles. The number of ether oxygens (including phenoxy) is 1. The SMILES string of the molecule is CCOC(=O)CC(=O)N1C(C(=O)O)(C(C)(C)C)CCC[N+]1(Cc1ccccc1)C(=O)O. The number of hydrogen-bond acceptors (Lipinski definition) is 5. The van der Waals surface area contributed by atoms with Crippen LogP contribution in [0.2, 0.25) is 0 Å². The van der Waals surface area contributed by atoms with Gasteiger partial charge in [0.15, 0.2) is 5.54 Å². The third kappa shape index (κ3) is 4.41. The van der Waals surface area contributed by atoms with E-state index in [4.69, 9.17) is 4.74 Å². The lowest BCUT2D eigenvalue weighted by molar-refractivity contribution is -0.985. The zero-order valence-corrected chi connectivity index (χ0v) is 18.5. The normalized spacial score (nSPS) is 23.8. The second-order valence-corrected chi connectivity index (χ2v) is 8.78. The number of aliphatic carboxylic acids is 1. The van der Waals surface area contributed by atoms with E-state index in [0.717, 1.165) is 5.01 Å². The zero-order chi connectivity index (χ0) is 23.4. The number of amides is 2. The topological polar surface area (TPSA) is 121 Å². The summed E-state index contributed by atoms with van der Waals surface area (Å²) in [4.78, 5) is 51.0. The number of hydrogen-bond donors (Lipinski definition) is 2. The molecule has 1 aromatic rings. The van der Waals surface area contributed by atoms with Crippen LogP contribution in [0.15, 0.2) is 30.3 Å². The van der Waals surface area contributed by atoms with Crippen LogP contribution in [0.1, 0.15) is 52.5 Å². The summed E-state index contributed by atoms with van der Waals surface area (Å²) in [5.74, 6) is -3.00. The van der Waals surface area contributed by atoms with Gasteiger partial charge in [0.25, 0.3) is 5.91 Å². The summed E-state index contributed by atoms with van der Waals surface area (Å²) in [6, 6.07) is 8.73. The maximum Gasteiger partial charge on any atom is 0.539 e. The summed E-state index contributed by atoms with van der Waals surface area (Å²) in [7, 11) is 0. The maximum atomic E-state index is 13.4. The first-order chi connectivity index (χ1) is 14.4. The van der Waals surface area contributed by atoms with Crippen LogP contribution in [0.4, 0.5) is 4.79 Å². The van der Waals surface area contributed by atoms with Gasteiger partial charge >= 0.3 is 18.0 Å². The van der Waals surface area contributed by atoms with Crippen LogP contribution in [0, 0.1) is 5.41 Å². The van der Waals surface area contributed by atoms with Gasteiger partial charge in [-0.05, 0) is 13.3 Å². The molecule has 0 radical (unpaired) electrons. The average Bonchev–Trinajstić information content (AvgIpc) is 2.67. The van der Waals surface area contributed by atoms with Crippen LogP contribution in [-0.4, -0.2) is 62.4 Å². The molecule has 0 saturated carbocycles. The van der Waals surface area contributed by atoms with Gasteiger partial charge in [-0.3, -0.25) is 9.59 Å². The minimum atomic E-state index is -1.83. The number of rotatable bonds is 6. The van der Waals surface area contributed by atoms with E-state index >= 15 is 0 Å². The molecule has 2 N–H and O–H groups in total. The predicted molar refractivity (Wildman–Crippen MR) is 110 cm³/mol. The molecule has 1 saturated heterocycles. The van der Waals surface area contributed by atoms with Gasteiger partial charge in [-0.25, -0.2) is 4.79 Å². The fourth-order valence-electron chi connectivity index (χ4n) is 4.46. The quantitative estimate of drug-likeness (QED) is 0.400. The molecule has 31 heavy (non-hydrogen) atoms. The van der Waals surface area contributed by atoms with Crippen molar-refractivity contribution in [2.75, 3.05) is 13.2 Å². The first kappa shape index (κ1) is 24.3. The Morgan fingerprint density at radius 3 is 2.23 bits per heavy atom. The Balaban J connectivity index is 2.73. The Hall–Kier alpha value is -2.94. The van der Waals surface area contributed by atoms with Gasteiger partial charge in [-0.2, -0.15) is 9.80 Å². The van der Waals surface area contributed by atoms with Crippen LogP contribution >= 0.6 is 0 Å². The van der Waals surface area contributed by atoms with Crippen LogP contribution in [0.25, 0.3) is 0 Å². The minimum Gasteiger partial charge on any atom is -0.479 e. The number of quaternary nitrogens is 1. The molecule has 0 bridgehead atoms. The van der Waals surface area contributed by atoms with Gasteiger partial charge < -0.3 is 14.9 Å². The Bertz CT molecular complexity index is 849. The largest absolute Gasteiger partial charge is 0.539 e. The molecule has 2 amide bonds. The molecule has 2 unspecified atom stereocenters. The molecule has 1 aliphatic heterocycles. The lowest BCUT2D eigenvalue weighted by Gasteiger charge is -2.56. The van der Waals surface area contributed by atoms with Crippen molar-refractivity contribution in [1.29, 1.82) is 0 Å². The summed E-state index contributed by atoms with van der Waals surface area (Å²) in [6.45, 7) is 6.52. The van der Waals surface area contributed by atoms with Crippen molar-refractivity contribution < 1.29 is 38.7 Å². The highest BCUT2D eigenvalue weighted by Crippen LogP contribution is 2.47. The Morgan fingerprint density at radius 2 is 1.74 bits per heavy atom. The summed E-state index contributed by atoms with van der Waals surface area (Å²) in [6.07, 6.45) is -1.73. The van der Waals surface area contributed by atoms with Crippen molar-refractivity contribution in [3.8, 4) is 0 Å². The van der Waals surface area contributed by atoms with Crippen molar-refractivity contribution in [3.05, 3.63) is 35.9 Å². The predicted octanol–water partition coefficient (Wildman–Crippen LogP) is 3.04. The van der Waals surface area contributed by atoms with Gasteiger partial charge in [0.05, 0.1) is 6.61 Å². The summed E-state index contributed by atoms with van der Waals surface area (Å²) in [5.41, 5.74) is -2.21. The molecular weight excluding hydrogens is 404 g/mol. The number of nitrogens with zero attached hydrogens (tertiary/aromatic N) is 2. The second kappa shape index (κ2) is 9.05. The number of carbonyl (C=O) groups excluding carboxylic acids is 2. The lowest BCUT2D eigenvalue weighted by atomic mass is 9.68. The van der Waals surface area contributed by atoms with Gasteiger partial charge in [0, 0.05) is 17.4 Å². The van der Waals surface area contributed by atoms with Gasteiger partial charge in [-0.15, -0.1) is 4.59 Å². The number of esters is 1. The van der Waals surface area contributed by atoms with E-state index in [2.05, 4.69) is 0 Å². The van der Waals surface area contributed by atoms with Crippen LogP contribution in [0.3, 0.4) is 0 Å². The van der Waals surface area contributed by atoms with Crippen LogP contribution in [-0.2, 0) is 25.7 Å². The van der Waals surface area contributed by atoms with Crippen molar-refractivity contribution in [1.82, 2.24) is 5.01 Å². The molecule has 2 atom stereocenters. The molecule has 9 heteroatoms. The van der Waals surface area contributed by atoms with E-state index in [1.807, 2.05) is 0 Å². The van der Waals surface area contributed by atoms with Crippen molar-refractivity contribution >= 4 is 23.9 Å². The highest BCUT2D eigenvalue weighted by Gasteiger charge is 2.67. The standard InChI is InChI=1S/C22H30N2O7/c1-5-31-18(26)14-17(25)23-22(19(27)28,21(2,3)4)12-9-13-24(23,20(29)30)15-16-10-7-6-8-11-16/h6-8,10-11H,5,9,12-15H2,1-4H3,(H-,27,28,29,30)/p+1. The number of carboxylic acids is 1. The highest BCUT2D eigenvalue weighted by atomic mass is 16.5. The van der Waals surface area contributed by atoms with Crippen LogP contribution in [0.5, 0.6) is 0 Å². The van der Waals surface area contributed by atoms with Crippen molar-refractivity contribution in [2.24, 2.45) is 5.41 Å². The van der Waals surface area contributed by atoms with E-state index in [-0.39, 0.29) is 32.5 Å². The first-order valence-corrected chi connectivity index (χ1v) is 10.3. The molecule has 170 valence electrons. The van der Waals surface area contributed by atoms with E-state index < -0.39 is 45.9 Å². The Labute approximate surface area is 181 Å². The van der Waals surface area contributed by atoms with E-state index in [9.17, 15) is 29.4 Å². The van der Waals surface area contributed by atoms with Crippen molar-refractivity contribution in [3.63, 3.8) is 0 Å². The molecule has 0 aromatic heterocycles.